The van der Waals surface area contributed by atoms with Gasteiger partial charge in [0.1, 0.15) is 5.76 Å². The van der Waals surface area contributed by atoms with Crippen molar-refractivity contribution in [1.29, 1.82) is 0 Å². The summed E-state index contributed by atoms with van der Waals surface area (Å²) in [5, 5.41) is 6.14. The van der Waals surface area contributed by atoms with E-state index in [0.717, 1.165) is 12.8 Å². The number of ketones is 1. The number of nitrogens with zero attached hydrogens (tertiary/aromatic N) is 1. The summed E-state index contributed by atoms with van der Waals surface area (Å²) in [5.74, 6) is -1.15. The number of carbonyl (C=O) groups is 3. The monoisotopic (exact) mass is 370 g/mol. The predicted octanol–water partition coefficient (Wildman–Crippen LogP) is 3.15. The average molecular weight is 370 g/mol. The third-order valence-electron chi connectivity index (χ3n) is 4.70. The summed E-state index contributed by atoms with van der Waals surface area (Å²) in [6, 6.07) is 10.5. The van der Waals surface area contributed by atoms with Gasteiger partial charge < -0.3 is 14.6 Å². The molecule has 0 radical (unpaired) electrons. The number of Topliss-reactive ketones (excluding diaryl/α,β-unsaturated/α-hetero) is 1. The number of benzene rings is 1. The number of anilines is 1. The number of ether oxygens (including phenoxy) is 1. The zero-order valence-electron chi connectivity index (χ0n) is 15.1. The van der Waals surface area contributed by atoms with Gasteiger partial charge in [0.2, 0.25) is 0 Å². The number of esters is 1. The Bertz CT molecular complexity index is 815. The molecule has 1 aliphatic carbocycles. The fourth-order valence-corrected chi connectivity index (χ4v) is 3.39. The first-order valence-electron chi connectivity index (χ1n) is 9.03. The highest BCUT2D eigenvalue weighted by molar-refractivity contribution is 6.00. The third kappa shape index (κ3) is 4.81. The van der Waals surface area contributed by atoms with Crippen molar-refractivity contribution in [2.45, 2.75) is 32.6 Å². The average Bonchev–Trinajstić information content (AvgIpc) is 3.10. The largest absolute Gasteiger partial charge is 0.455 e. The predicted molar refractivity (Wildman–Crippen MR) is 97.0 cm³/mol. The molecule has 1 amide bonds. The summed E-state index contributed by atoms with van der Waals surface area (Å²) in [6.45, 7) is 1.28. The number of nitrogens with one attached hydrogen (secondary N) is 1. The van der Waals surface area contributed by atoms with Crippen LogP contribution in [0.5, 0.6) is 0 Å². The van der Waals surface area contributed by atoms with Gasteiger partial charge in [-0.3, -0.25) is 14.4 Å². The lowest BCUT2D eigenvalue weighted by atomic mass is 9.75. The molecule has 0 aliphatic heterocycles. The summed E-state index contributed by atoms with van der Waals surface area (Å²) in [7, 11) is 0. The molecule has 7 nitrogen and oxygen atoms in total. The van der Waals surface area contributed by atoms with Crippen molar-refractivity contribution >= 4 is 23.5 Å². The van der Waals surface area contributed by atoms with Crippen LogP contribution in [-0.2, 0) is 14.3 Å². The molecule has 2 atom stereocenters. The molecule has 0 saturated heterocycles. The topological polar surface area (TPSA) is 98.5 Å². The van der Waals surface area contributed by atoms with E-state index >= 15 is 0 Å². The van der Waals surface area contributed by atoms with Gasteiger partial charge in [-0.1, -0.05) is 48.3 Å². The normalized spacial score (nSPS) is 19.3. The second-order valence-corrected chi connectivity index (χ2v) is 6.71. The highest BCUT2D eigenvalue weighted by atomic mass is 16.5. The molecule has 27 heavy (non-hydrogen) atoms. The minimum atomic E-state index is -0.520. The van der Waals surface area contributed by atoms with Crippen molar-refractivity contribution < 1.29 is 23.6 Å². The molecular weight excluding hydrogens is 348 g/mol. The molecule has 3 rings (SSSR count). The van der Waals surface area contributed by atoms with Crippen LogP contribution in [0.3, 0.4) is 0 Å². The van der Waals surface area contributed by atoms with E-state index in [1.165, 1.54) is 0 Å². The Morgan fingerprint density at radius 1 is 1.15 bits per heavy atom. The number of hydrogen-bond donors (Lipinski definition) is 1. The Kier molecular flexibility index (Phi) is 6.01. The van der Waals surface area contributed by atoms with Crippen molar-refractivity contribution in [3.8, 4) is 0 Å². The molecule has 0 bridgehead atoms. The standard InChI is InChI=1S/C20H22N2O5/c1-13-11-17(22-27-13)21-18(23)12-26-20(25)16-10-6-5-9-15(16)19(24)14-7-3-2-4-8-14/h2-4,7-8,11,15-16H,5-6,9-10,12H2,1H3,(H,21,22,23)/t15-,16+/m1/s1. The van der Waals surface area contributed by atoms with Gasteiger partial charge >= 0.3 is 5.97 Å². The third-order valence-corrected chi connectivity index (χ3v) is 4.70. The molecule has 1 fully saturated rings. The molecule has 1 aromatic heterocycles. The van der Waals surface area contributed by atoms with Crippen LogP contribution in [0, 0.1) is 18.8 Å². The first-order valence-corrected chi connectivity index (χ1v) is 9.03. The maximum absolute atomic E-state index is 12.8. The summed E-state index contributed by atoms with van der Waals surface area (Å²) in [4.78, 5) is 37.2. The maximum atomic E-state index is 12.8. The fraction of sp³-hybridized carbons (Fsp3) is 0.400. The molecule has 1 N–H and O–H groups in total. The van der Waals surface area contributed by atoms with E-state index in [0.29, 0.717) is 24.2 Å². The van der Waals surface area contributed by atoms with Crippen LogP contribution in [0.4, 0.5) is 5.82 Å². The van der Waals surface area contributed by atoms with Crippen molar-refractivity contribution in [3.05, 3.63) is 47.7 Å². The smallest absolute Gasteiger partial charge is 0.310 e. The van der Waals surface area contributed by atoms with Crippen LogP contribution in [0.25, 0.3) is 0 Å². The van der Waals surface area contributed by atoms with Gasteiger partial charge in [0.25, 0.3) is 5.91 Å². The number of rotatable bonds is 6. The molecule has 1 saturated carbocycles. The van der Waals surface area contributed by atoms with Crippen molar-refractivity contribution in [2.75, 3.05) is 11.9 Å². The Morgan fingerprint density at radius 2 is 1.85 bits per heavy atom. The lowest BCUT2D eigenvalue weighted by Gasteiger charge is -2.28. The summed E-state index contributed by atoms with van der Waals surface area (Å²) in [6.07, 6.45) is 3.01. The molecule has 0 unspecified atom stereocenters. The molecule has 1 heterocycles. The second kappa shape index (κ2) is 8.62. The molecule has 1 aliphatic rings. The highest BCUT2D eigenvalue weighted by Gasteiger charge is 2.37. The molecule has 7 heteroatoms. The van der Waals surface area contributed by atoms with Gasteiger partial charge in [0.15, 0.2) is 18.2 Å². The lowest BCUT2D eigenvalue weighted by molar-refractivity contribution is -0.153. The van der Waals surface area contributed by atoms with E-state index in [1.54, 1.807) is 37.3 Å². The maximum Gasteiger partial charge on any atom is 0.310 e. The molecule has 1 aromatic carbocycles. The van der Waals surface area contributed by atoms with Gasteiger partial charge in [0.05, 0.1) is 5.92 Å². The summed E-state index contributed by atoms with van der Waals surface area (Å²) >= 11 is 0. The van der Waals surface area contributed by atoms with E-state index in [-0.39, 0.29) is 11.6 Å². The number of carbonyl (C=O) groups excluding carboxylic acids is 3. The first kappa shape index (κ1) is 18.8. The SMILES string of the molecule is Cc1cc(NC(=O)COC(=O)[C@H]2CCCC[C@H]2C(=O)c2ccccc2)no1. The van der Waals surface area contributed by atoms with Crippen LogP contribution in [0.1, 0.15) is 41.8 Å². The molecular formula is C20H22N2O5. The Labute approximate surface area is 157 Å². The van der Waals surface area contributed by atoms with Crippen LogP contribution in [-0.4, -0.2) is 29.4 Å². The lowest BCUT2D eigenvalue weighted by Crippen LogP contribution is -2.35. The summed E-state index contributed by atoms with van der Waals surface area (Å²) < 4.78 is 10.0. The fourth-order valence-electron chi connectivity index (χ4n) is 3.39. The van der Waals surface area contributed by atoms with E-state index in [4.69, 9.17) is 9.26 Å². The van der Waals surface area contributed by atoms with Crippen molar-refractivity contribution in [3.63, 3.8) is 0 Å². The second-order valence-electron chi connectivity index (χ2n) is 6.71. The van der Waals surface area contributed by atoms with Crippen molar-refractivity contribution in [1.82, 2.24) is 5.16 Å². The molecule has 142 valence electrons. The van der Waals surface area contributed by atoms with Crippen LogP contribution < -0.4 is 5.32 Å². The number of hydrogen-bond acceptors (Lipinski definition) is 6. The van der Waals surface area contributed by atoms with Gasteiger partial charge in [0, 0.05) is 17.5 Å². The quantitative estimate of drug-likeness (QED) is 0.619. The van der Waals surface area contributed by atoms with Gasteiger partial charge in [-0.15, -0.1) is 0 Å². The van der Waals surface area contributed by atoms with Crippen molar-refractivity contribution in [2.24, 2.45) is 11.8 Å². The first-order chi connectivity index (χ1) is 13.0. The highest BCUT2D eigenvalue weighted by Crippen LogP contribution is 2.33. The number of amides is 1. The van der Waals surface area contributed by atoms with E-state index < -0.39 is 30.3 Å². The summed E-state index contributed by atoms with van der Waals surface area (Å²) in [5.41, 5.74) is 0.598. The van der Waals surface area contributed by atoms with Gasteiger partial charge in [-0.2, -0.15) is 0 Å². The minimum absolute atomic E-state index is 0.0419. The van der Waals surface area contributed by atoms with Gasteiger partial charge in [-0.05, 0) is 19.8 Å². The molecule has 0 spiro atoms. The van der Waals surface area contributed by atoms with Crippen LogP contribution in [0.15, 0.2) is 40.9 Å². The zero-order valence-corrected chi connectivity index (χ0v) is 15.1. The van der Waals surface area contributed by atoms with E-state index in [9.17, 15) is 14.4 Å². The number of aryl methyl sites for hydroxylation is 1. The Morgan fingerprint density at radius 3 is 2.52 bits per heavy atom. The van der Waals surface area contributed by atoms with E-state index in [2.05, 4.69) is 10.5 Å². The Hall–Kier alpha value is -2.96. The van der Waals surface area contributed by atoms with Crippen LogP contribution in [0.2, 0.25) is 0 Å². The van der Waals surface area contributed by atoms with Gasteiger partial charge in [-0.25, -0.2) is 0 Å². The zero-order chi connectivity index (χ0) is 19.2. The van der Waals surface area contributed by atoms with E-state index in [1.807, 2.05) is 6.07 Å². The minimum Gasteiger partial charge on any atom is -0.455 e. The molecule has 2 aromatic rings. The number of aromatic nitrogens is 1. The Balaban J connectivity index is 1.58. The van der Waals surface area contributed by atoms with Crippen LogP contribution >= 0.6 is 0 Å².